The van der Waals surface area contributed by atoms with Crippen LogP contribution in [0, 0.1) is 0 Å². The molecule has 3 aromatic rings. The van der Waals surface area contributed by atoms with Crippen LogP contribution in [0.3, 0.4) is 0 Å². The molecule has 6 heteroatoms. The Kier molecular flexibility index (Phi) is 6.61. The Morgan fingerprint density at radius 3 is 2.47 bits per heavy atom. The van der Waals surface area contributed by atoms with Gasteiger partial charge in [-0.2, -0.15) is 9.78 Å². The first-order chi connectivity index (χ1) is 15.4. The fraction of sp³-hybridized carbons (Fsp3) is 0.385. The molecule has 0 aliphatic carbocycles. The summed E-state index contributed by atoms with van der Waals surface area (Å²) in [5.41, 5.74) is 4.33. The third-order valence-corrected chi connectivity index (χ3v) is 5.44. The van der Waals surface area contributed by atoms with Gasteiger partial charge < -0.3 is 10.1 Å². The van der Waals surface area contributed by atoms with Crippen molar-refractivity contribution in [2.75, 3.05) is 18.4 Å². The van der Waals surface area contributed by atoms with Gasteiger partial charge in [-0.3, -0.25) is 4.90 Å². The molecule has 0 saturated carbocycles. The van der Waals surface area contributed by atoms with Crippen molar-refractivity contribution in [1.29, 1.82) is 0 Å². The number of carbonyl (C=O) groups is 1. The topological polar surface area (TPSA) is 59.4 Å². The molecule has 4 rings (SSSR count). The van der Waals surface area contributed by atoms with E-state index in [4.69, 9.17) is 4.74 Å². The molecular weight excluding hydrogens is 400 g/mol. The van der Waals surface area contributed by atoms with E-state index in [1.165, 1.54) is 42.6 Å². The average Bonchev–Trinajstić information content (AvgIpc) is 3.24. The van der Waals surface area contributed by atoms with Gasteiger partial charge in [0.05, 0.1) is 11.9 Å². The molecule has 0 spiro atoms. The number of carbonyl (C=O) groups excluding carboxylic acids is 1. The van der Waals surface area contributed by atoms with Crippen LogP contribution in [-0.4, -0.2) is 39.5 Å². The van der Waals surface area contributed by atoms with Crippen molar-refractivity contribution in [3.05, 3.63) is 66.4 Å². The van der Waals surface area contributed by atoms with Gasteiger partial charge in [0.2, 0.25) is 0 Å². The van der Waals surface area contributed by atoms with Gasteiger partial charge in [0.25, 0.3) is 0 Å². The normalized spacial score (nSPS) is 14.8. The maximum Gasteiger partial charge on any atom is 0.435 e. The van der Waals surface area contributed by atoms with Gasteiger partial charge in [-0.1, -0.05) is 30.7 Å². The second-order valence-electron chi connectivity index (χ2n) is 9.35. The molecule has 0 radical (unpaired) electrons. The van der Waals surface area contributed by atoms with Gasteiger partial charge in [0, 0.05) is 23.5 Å². The second kappa shape index (κ2) is 9.57. The number of piperidine rings is 1. The Labute approximate surface area is 190 Å². The number of rotatable bonds is 5. The number of ether oxygens (including phenoxy) is 1. The first-order valence-corrected chi connectivity index (χ1v) is 11.3. The van der Waals surface area contributed by atoms with Crippen molar-refractivity contribution in [2.45, 2.75) is 52.2 Å². The highest BCUT2D eigenvalue weighted by Gasteiger charge is 2.21. The third kappa shape index (κ3) is 5.77. The second-order valence-corrected chi connectivity index (χ2v) is 9.35. The molecule has 32 heavy (non-hydrogen) atoms. The van der Waals surface area contributed by atoms with Crippen LogP contribution in [0.2, 0.25) is 0 Å². The Morgan fingerprint density at radius 1 is 1.00 bits per heavy atom. The Morgan fingerprint density at radius 2 is 1.72 bits per heavy atom. The fourth-order valence-electron chi connectivity index (χ4n) is 4.02. The molecule has 0 atom stereocenters. The molecule has 1 aliphatic rings. The Balaban J connectivity index is 1.49. The maximum absolute atomic E-state index is 12.6. The van der Waals surface area contributed by atoms with Crippen LogP contribution in [-0.2, 0) is 11.3 Å². The van der Waals surface area contributed by atoms with Crippen molar-refractivity contribution in [3.63, 3.8) is 0 Å². The minimum atomic E-state index is -0.580. The van der Waals surface area contributed by atoms with Gasteiger partial charge in [0.1, 0.15) is 5.60 Å². The van der Waals surface area contributed by atoms with Crippen LogP contribution in [0.25, 0.3) is 11.3 Å². The van der Waals surface area contributed by atoms with Crippen LogP contribution >= 0.6 is 0 Å². The number of nitrogens with zero attached hydrogens (tertiary/aromatic N) is 3. The molecule has 1 aromatic heterocycles. The van der Waals surface area contributed by atoms with E-state index >= 15 is 0 Å². The monoisotopic (exact) mass is 432 g/mol. The number of benzene rings is 2. The highest BCUT2D eigenvalue weighted by atomic mass is 16.6. The van der Waals surface area contributed by atoms with Crippen molar-refractivity contribution < 1.29 is 9.53 Å². The molecule has 6 nitrogen and oxygen atoms in total. The number of anilines is 2. The number of hydrogen-bond donors (Lipinski definition) is 1. The van der Waals surface area contributed by atoms with Crippen LogP contribution in [0.1, 0.15) is 45.6 Å². The molecule has 1 N–H and O–H groups in total. The van der Waals surface area contributed by atoms with E-state index in [-0.39, 0.29) is 0 Å². The molecule has 0 bridgehead atoms. The number of hydrogen-bond acceptors (Lipinski definition) is 5. The summed E-state index contributed by atoms with van der Waals surface area (Å²) < 4.78 is 6.80. The van der Waals surface area contributed by atoms with Crippen LogP contribution in [0.4, 0.5) is 16.2 Å². The van der Waals surface area contributed by atoms with E-state index in [2.05, 4.69) is 39.6 Å². The minimum Gasteiger partial charge on any atom is -0.442 e. The smallest absolute Gasteiger partial charge is 0.435 e. The SMILES string of the molecule is CC(C)(C)OC(=O)n1nccc1-c1cccc(Nc2cccc(CN3CCCCC3)c2)c1. The lowest BCUT2D eigenvalue weighted by Gasteiger charge is -2.26. The van der Waals surface area contributed by atoms with Gasteiger partial charge in [-0.25, -0.2) is 4.79 Å². The minimum absolute atomic E-state index is 0.485. The molecule has 0 amide bonds. The maximum atomic E-state index is 12.6. The van der Waals surface area contributed by atoms with Gasteiger partial charge >= 0.3 is 6.09 Å². The van der Waals surface area contributed by atoms with Crippen molar-refractivity contribution >= 4 is 17.5 Å². The summed E-state index contributed by atoms with van der Waals surface area (Å²) in [6.07, 6.45) is 5.07. The highest BCUT2D eigenvalue weighted by Crippen LogP contribution is 2.26. The molecule has 168 valence electrons. The average molecular weight is 433 g/mol. The van der Waals surface area contributed by atoms with E-state index in [0.29, 0.717) is 5.69 Å². The fourth-order valence-corrected chi connectivity index (χ4v) is 4.02. The zero-order valence-electron chi connectivity index (χ0n) is 19.2. The summed E-state index contributed by atoms with van der Waals surface area (Å²) in [7, 11) is 0. The summed E-state index contributed by atoms with van der Waals surface area (Å²) in [6.45, 7) is 8.90. The molecule has 2 aromatic carbocycles. The predicted molar refractivity (Wildman–Crippen MR) is 128 cm³/mol. The quantitative estimate of drug-likeness (QED) is 0.531. The first kappa shape index (κ1) is 22.1. The largest absolute Gasteiger partial charge is 0.442 e. The Hall–Kier alpha value is -3.12. The predicted octanol–water partition coefficient (Wildman–Crippen LogP) is 6.06. The van der Waals surface area contributed by atoms with Gasteiger partial charge in [-0.15, -0.1) is 0 Å². The van der Waals surface area contributed by atoms with E-state index < -0.39 is 11.7 Å². The van der Waals surface area contributed by atoms with Crippen molar-refractivity contribution in [2.24, 2.45) is 0 Å². The molecule has 2 heterocycles. The summed E-state index contributed by atoms with van der Waals surface area (Å²) in [6, 6.07) is 18.4. The van der Waals surface area contributed by atoms with Crippen LogP contribution in [0.15, 0.2) is 60.8 Å². The summed E-state index contributed by atoms with van der Waals surface area (Å²) in [5.74, 6) is 0. The standard InChI is InChI=1S/C26H32N4O2/c1-26(2,3)32-25(31)30-24(13-14-27-30)21-10-8-12-23(18-21)28-22-11-7-9-20(17-22)19-29-15-5-4-6-16-29/h7-14,17-18,28H,4-6,15-16,19H2,1-3H3. The molecule has 1 aliphatic heterocycles. The highest BCUT2D eigenvalue weighted by molar-refractivity contribution is 5.78. The van der Waals surface area contributed by atoms with E-state index in [1.807, 2.05) is 51.1 Å². The lowest BCUT2D eigenvalue weighted by molar-refractivity contribution is 0.0518. The lowest BCUT2D eigenvalue weighted by Crippen LogP contribution is -2.29. The molecule has 1 fully saturated rings. The van der Waals surface area contributed by atoms with Gasteiger partial charge in [-0.05, 0) is 82.6 Å². The summed E-state index contributed by atoms with van der Waals surface area (Å²) >= 11 is 0. The summed E-state index contributed by atoms with van der Waals surface area (Å²) in [5, 5.41) is 7.68. The van der Waals surface area contributed by atoms with Crippen LogP contribution in [0.5, 0.6) is 0 Å². The molecule has 1 saturated heterocycles. The van der Waals surface area contributed by atoms with Crippen LogP contribution < -0.4 is 5.32 Å². The number of aromatic nitrogens is 2. The summed E-state index contributed by atoms with van der Waals surface area (Å²) in [4.78, 5) is 15.1. The van der Waals surface area contributed by atoms with E-state index in [9.17, 15) is 4.79 Å². The number of nitrogens with one attached hydrogen (secondary N) is 1. The lowest BCUT2D eigenvalue weighted by atomic mass is 10.1. The Bertz CT molecular complexity index is 1060. The third-order valence-electron chi connectivity index (χ3n) is 5.44. The van der Waals surface area contributed by atoms with Crippen molar-refractivity contribution in [3.8, 4) is 11.3 Å². The van der Waals surface area contributed by atoms with E-state index in [0.717, 1.165) is 23.5 Å². The molecule has 0 unspecified atom stereocenters. The first-order valence-electron chi connectivity index (χ1n) is 11.3. The van der Waals surface area contributed by atoms with E-state index in [1.54, 1.807) is 6.20 Å². The van der Waals surface area contributed by atoms with Gasteiger partial charge in [0.15, 0.2) is 0 Å². The zero-order valence-corrected chi connectivity index (χ0v) is 19.2. The number of likely N-dealkylation sites (tertiary alicyclic amines) is 1. The zero-order chi connectivity index (χ0) is 22.6. The van der Waals surface area contributed by atoms with Crippen molar-refractivity contribution in [1.82, 2.24) is 14.7 Å². The molecular formula is C26H32N4O2.